The molecule has 0 spiro atoms. The van der Waals surface area contributed by atoms with Crippen LogP contribution in [0.25, 0.3) is 0 Å². The second kappa shape index (κ2) is 9.37. The fourth-order valence-electron chi connectivity index (χ4n) is 2.85. The van der Waals surface area contributed by atoms with Crippen LogP contribution in [0.5, 0.6) is 0 Å². The Balaban J connectivity index is 1.82. The van der Waals surface area contributed by atoms with Crippen molar-refractivity contribution in [1.82, 2.24) is 0 Å². The van der Waals surface area contributed by atoms with Crippen LogP contribution in [-0.4, -0.2) is 17.7 Å². The zero-order valence-corrected chi connectivity index (χ0v) is 18.0. The molecule has 0 saturated carbocycles. The van der Waals surface area contributed by atoms with E-state index >= 15 is 0 Å². The molecule has 30 heavy (non-hydrogen) atoms. The van der Waals surface area contributed by atoms with E-state index < -0.39 is 0 Å². The largest absolute Gasteiger partial charge is 0.326 e. The summed E-state index contributed by atoms with van der Waals surface area (Å²) in [6.45, 7) is 3.29. The zero-order valence-electron chi connectivity index (χ0n) is 16.5. The molecule has 0 unspecified atom stereocenters. The van der Waals surface area contributed by atoms with E-state index in [4.69, 9.17) is 0 Å². The Hall–Kier alpha value is -3.45. The molecular weight excluding hydrogens is 446 g/mol. The fraction of sp³-hybridized carbons (Fsp3) is 0.0870. The highest BCUT2D eigenvalue weighted by molar-refractivity contribution is 9.10. The molecule has 0 bridgehead atoms. The van der Waals surface area contributed by atoms with Crippen molar-refractivity contribution in [3.05, 3.63) is 87.9 Å². The van der Waals surface area contributed by atoms with Gasteiger partial charge in [-0.05, 0) is 64.8 Å². The molecule has 7 heteroatoms. The van der Waals surface area contributed by atoms with Crippen molar-refractivity contribution in [1.29, 1.82) is 0 Å². The minimum atomic E-state index is -0.379. The lowest BCUT2D eigenvalue weighted by atomic mass is 10.1. The molecule has 0 aromatic heterocycles. The standard InChI is InChI=1S/C23H20BrN3O3/c1-14-11-12-16(13-21(14)25-15(2)28)26-23(30)18-8-4-6-10-20(18)27-22(29)17-7-3-5-9-19(17)24/h3-13H,1-2H3,(H,25,28)(H,26,30)(H,27,29). The van der Waals surface area contributed by atoms with Gasteiger partial charge >= 0.3 is 0 Å². The summed E-state index contributed by atoms with van der Waals surface area (Å²) in [6.07, 6.45) is 0. The van der Waals surface area contributed by atoms with Crippen molar-refractivity contribution < 1.29 is 14.4 Å². The lowest BCUT2D eigenvalue weighted by Gasteiger charge is -2.13. The van der Waals surface area contributed by atoms with Crippen LogP contribution in [0.3, 0.4) is 0 Å². The molecule has 0 aliphatic heterocycles. The molecule has 3 aromatic rings. The summed E-state index contributed by atoms with van der Waals surface area (Å²) in [6, 6.07) is 19.1. The third-order valence-electron chi connectivity index (χ3n) is 4.34. The van der Waals surface area contributed by atoms with E-state index in [1.807, 2.05) is 19.1 Å². The lowest BCUT2D eigenvalue weighted by Crippen LogP contribution is -2.18. The second-order valence-corrected chi connectivity index (χ2v) is 7.50. The predicted octanol–water partition coefficient (Wildman–Crippen LogP) is 5.22. The lowest BCUT2D eigenvalue weighted by molar-refractivity contribution is -0.114. The summed E-state index contributed by atoms with van der Waals surface area (Å²) in [7, 11) is 0. The highest BCUT2D eigenvalue weighted by Gasteiger charge is 2.16. The van der Waals surface area contributed by atoms with Gasteiger partial charge in [0.05, 0.1) is 16.8 Å². The Labute approximate surface area is 182 Å². The molecule has 152 valence electrons. The average molecular weight is 466 g/mol. The van der Waals surface area contributed by atoms with Crippen molar-refractivity contribution in [2.75, 3.05) is 16.0 Å². The van der Waals surface area contributed by atoms with Crippen LogP contribution >= 0.6 is 15.9 Å². The Morgan fingerprint density at radius 3 is 2.07 bits per heavy atom. The van der Waals surface area contributed by atoms with Gasteiger partial charge in [-0.2, -0.15) is 0 Å². The number of benzene rings is 3. The van der Waals surface area contributed by atoms with Gasteiger partial charge in [0.15, 0.2) is 0 Å². The van der Waals surface area contributed by atoms with Crippen molar-refractivity contribution >= 4 is 50.7 Å². The Kier molecular flexibility index (Phi) is 6.64. The Bertz CT molecular complexity index is 1130. The summed E-state index contributed by atoms with van der Waals surface area (Å²) in [5.41, 5.74) is 3.21. The number of rotatable bonds is 5. The summed E-state index contributed by atoms with van der Waals surface area (Å²) in [5, 5.41) is 8.34. The molecule has 0 atom stereocenters. The number of anilines is 3. The molecule has 0 radical (unpaired) electrons. The second-order valence-electron chi connectivity index (χ2n) is 6.64. The van der Waals surface area contributed by atoms with Crippen molar-refractivity contribution in [2.24, 2.45) is 0 Å². The average Bonchev–Trinajstić information content (AvgIpc) is 2.70. The van der Waals surface area contributed by atoms with Crippen LogP contribution in [0, 0.1) is 6.92 Å². The Morgan fingerprint density at radius 2 is 1.37 bits per heavy atom. The number of amides is 3. The van der Waals surface area contributed by atoms with E-state index in [9.17, 15) is 14.4 Å². The van der Waals surface area contributed by atoms with E-state index in [-0.39, 0.29) is 17.7 Å². The van der Waals surface area contributed by atoms with Gasteiger partial charge < -0.3 is 16.0 Å². The van der Waals surface area contributed by atoms with Crippen LogP contribution in [0.4, 0.5) is 17.1 Å². The van der Waals surface area contributed by atoms with E-state index in [1.165, 1.54) is 6.92 Å². The van der Waals surface area contributed by atoms with Gasteiger partial charge in [0.2, 0.25) is 5.91 Å². The van der Waals surface area contributed by atoms with Crippen molar-refractivity contribution in [3.8, 4) is 0 Å². The van der Waals surface area contributed by atoms with E-state index in [0.717, 1.165) is 5.56 Å². The number of halogens is 1. The van der Waals surface area contributed by atoms with Crippen molar-refractivity contribution in [2.45, 2.75) is 13.8 Å². The predicted molar refractivity (Wildman–Crippen MR) is 122 cm³/mol. The summed E-state index contributed by atoms with van der Waals surface area (Å²) in [5.74, 6) is -0.900. The van der Waals surface area contributed by atoms with Gasteiger partial charge in [-0.25, -0.2) is 0 Å². The summed E-state index contributed by atoms with van der Waals surface area (Å²) in [4.78, 5) is 36.9. The zero-order chi connectivity index (χ0) is 21.7. The first kappa shape index (κ1) is 21.3. The maximum atomic E-state index is 12.9. The normalized spacial score (nSPS) is 10.2. The van der Waals surface area contributed by atoms with Gasteiger partial charge in [0.1, 0.15) is 0 Å². The first-order valence-electron chi connectivity index (χ1n) is 9.19. The SMILES string of the molecule is CC(=O)Nc1cc(NC(=O)c2ccccc2NC(=O)c2ccccc2Br)ccc1C. The first-order valence-corrected chi connectivity index (χ1v) is 9.99. The number of aryl methyl sites for hydroxylation is 1. The van der Waals surface area contributed by atoms with E-state index in [1.54, 1.807) is 54.6 Å². The molecule has 6 nitrogen and oxygen atoms in total. The van der Waals surface area contributed by atoms with Gasteiger partial charge in [-0.3, -0.25) is 14.4 Å². The van der Waals surface area contributed by atoms with Gasteiger partial charge in [-0.15, -0.1) is 0 Å². The number of carbonyl (C=O) groups is 3. The molecule has 0 aliphatic rings. The third kappa shape index (κ3) is 5.12. The maximum absolute atomic E-state index is 12.9. The van der Waals surface area contributed by atoms with Gasteiger partial charge in [0, 0.05) is 22.8 Å². The Morgan fingerprint density at radius 1 is 0.733 bits per heavy atom. The molecule has 3 N–H and O–H groups in total. The minimum absolute atomic E-state index is 0.193. The number of hydrogen-bond donors (Lipinski definition) is 3. The monoisotopic (exact) mass is 465 g/mol. The van der Waals surface area contributed by atoms with Crippen LogP contribution in [-0.2, 0) is 4.79 Å². The number of para-hydroxylation sites is 1. The smallest absolute Gasteiger partial charge is 0.257 e. The highest BCUT2D eigenvalue weighted by Crippen LogP contribution is 2.23. The van der Waals surface area contributed by atoms with Crippen LogP contribution in [0.2, 0.25) is 0 Å². The highest BCUT2D eigenvalue weighted by atomic mass is 79.9. The molecule has 3 rings (SSSR count). The van der Waals surface area contributed by atoms with E-state index in [0.29, 0.717) is 32.7 Å². The number of carbonyl (C=O) groups excluding carboxylic acids is 3. The minimum Gasteiger partial charge on any atom is -0.326 e. The van der Waals surface area contributed by atoms with Crippen LogP contribution in [0.1, 0.15) is 33.2 Å². The number of nitrogens with one attached hydrogen (secondary N) is 3. The van der Waals surface area contributed by atoms with Crippen LogP contribution < -0.4 is 16.0 Å². The topological polar surface area (TPSA) is 87.3 Å². The van der Waals surface area contributed by atoms with Crippen LogP contribution in [0.15, 0.2) is 71.2 Å². The maximum Gasteiger partial charge on any atom is 0.257 e. The summed E-state index contributed by atoms with van der Waals surface area (Å²) >= 11 is 3.36. The van der Waals surface area contributed by atoms with E-state index in [2.05, 4.69) is 31.9 Å². The molecule has 3 amide bonds. The molecule has 0 heterocycles. The molecule has 3 aromatic carbocycles. The number of hydrogen-bond acceptors (Lipinski definition) is 3. The quantitative estimate of drug-likeness (QED) is 0.482. The molecule has 0 aliphatic carbocycles. The summed E-state index contributed by atoms with van der Waals surface area (Å²) < 4.78 is 0.662. The van der Waals surface area contributed by atoms with Gasteiger partial charge in [-0.1, -0.05) is 30.3 Å². The molecular formula is C23H20BrN3O3. The first-order chi connectivity index (χ1) is 14.3. The molecule has 0 fully saturated rings. The van der Waals surface area contributed by atoms with Gasteiger partial charge in [0.25, 0.3) is 11.8 Å². The molecule has 0 saturated heterocycles. The van der Waals surface area contributed by atoms with Crippen molar-refractivity contribution in [3.63, 3.8) is 0 Å². The fourth-order valence-corrected chi connectivity index (χ4v) is 3.31. The third-order valence-corrected chi connectivity index (χ3v) is 5.04.